The summed E-state index contributed by atoms with van der Waals surface area (Å²) in [6, 6.07) is 9.74. The normalized spacial score (nSPS) is 27.8. The molecule has 0 bridgehead atoms. The van der Waals surface area contributed by atoms with Crippen molar-refractivity contribution < 1.29 is 0 Å². The second kappa shape index (κ2) is 11.0. The fourth-order valence-electron chi connectivity index (χ4n) is 5.99. The number of hydrogen-bond acceptors (Lipinski definition) is 1. The van der Waals surface area contributed by atoms with Crippen molar-refractivity contribution in [1.29, 1.82) is 0 Å². The third kappa shape index (κ3) is 5.78. The van der Waals surface area contributed by atoms with Crippen molar-refractivity contribution in [1.82, 2.24) is 0 Å². The summed E-state index contributed by atoms with van der Waals surface area (Å²) in [4.78, 5) is 1.45. The molecular weight excluding hydrogens is 380 g/mol. The van der Waals surface area contributed by atoms with Crippen molar-refractivity contribution in [3.8, 4) is 0 Å². The summed E-state index contributed by atoms with van der Waals surface area (Å²) in [5, 5.41) is 1.44. The molecule has 0 nitrogen and oxygen atoms in total. The minimum absolute atomic E-state index is 0.798. The Kier molecular flexibility index (Phi) is 8.10. The number of allylic oxidation sites excluding steroid dienone is 1. The highest BCUT2D eigenvalue weighted by Crippen LogP contribution is 2.40. The first-order chi connectivity index (χ1) is 14.7. The molecule has 1 heteroatoms. The third-order valence-corrected chi connectivity index (χ3v) is 9.03. The van der Waals surface area contributed by atoms with E-state index in [1.165, 1.54) is 98.4 Å². The molecule has 4 rings (SSSR count). The topological polar surface area (TPSA) is 0 Å². The van der Waals surface area contributed by atoms with Gasteiger partial charge in [0, 0.05) is 9.58 Å². The fraction of sp³-hybridized carbons (Fsp3) is 0.655. The molecule has 0 aliphatic heterocycles. The van der Waals surface area contributed by atoms with Crippen LogP contribution in [0.5, 0.6) is 0 Å². The first kappa shape index (κ1) is 22.1. The number of thiophene rings is 1. The molecule has 1 aromatic heterocycles. The van der Waals surface area contributed by atoms with Gasteiger partial charge in [-0.05, 0) is 104 Å². The molecular formula is C29H42S. The summed E-state index contributed by atoms with van der Waals surface area (Å²) in [5.74, 6) is 3.61. The lowest BCUT2D eigenvalue weighted by Gasteiger charge is -2.28. The molecule has 0 amide bonds. The zero-order valence-corrected chi connectivity index (χ0v) is 20.2. The Morgan fingerprint density at radius 2 is 1.57 bits per heavy atom. The first-order valence-corrected chi connectivity index (χ1v) is 13.8. The van der Waals surface area contributed by atoms with Gasteiger partial charge in [0.1, 0.15) is 0 Å². The van der Waals surface area contributed by atoms with Crippen molar-refractivity contribution in [3.63, 3.8) is 0 Å². The van der Waals surface area contributed by atoms with Crippen LogP contribution in [0.1, 0.15) is 114 Å². The Morgan fingerprint density at radius 1 is 0.833 bits per heavy atom. The van der Waals surface area contributed by atoms with Gasteiger partial charge in [0.15, 0.2) is 0 Å². The highest BCUT2D eigenvalue weighted by Gasteiger charge is 2.22. The molecule has 164 valence electrons. The van der Waals surface area contributed by atoms with E-state index in [1.54, 1.807) is 5.56 Å². The van der Waals surface area contributed by atoms with E-state index in [1.807, 2.05) is 11.3 Å². The maximum Gasteiger partial charge on any atom is 0.0351 e. The number of unbranched alkanes of at least 4 members (excludes halogenated alkanes) is 1. The lowest BCUT2D eigenvalue weighted by atomic mass is 9.77. The van der Waals surface area contributed by atoms with Gasteiger partial charge < -0.3 is 0 Å². The quantitative estimate of drug-likeness (QED) is 0.397. The standard InChI is InChI=1S/C29H42S/c1-3-5-7-23-12-15-25(16-13-23)26-17-18-27-20-28(30-29(27)21-26)19-14-24-10-8-22(6-4-2)9-11-24/h14,17-25H,3-13,15-16H2,1-2H3/b19-14+. The Bertz CT molecular complexity index is 797. The van der Waals surface area contributed by atoms with E-state index in [9.17, 15) is 0 Å². The zero-order valence-electron chi connectivity index (χ0n) is 19.4. The van der Waals surface area contributed by atoms with E-state index in [2.05, 4.69) is 50.3 Å². The minimum Gasteiger partial charge on any atom is -0.136 e. The number of fused-ring (bicyclic) bond motifs is 1. The van der Waals surface area contributed by atoms with E-state index in [-0.39, 0.29) is 0 Å². The summed E-state index contributed by atoms with van der Waals surface area (Å²) in [5.41, 5.74) is 1.60. The largest absolute Gasteiger partial charge is 0.136 e. The summed E-state index contributed by atoms with van der Waals surface area (Å²) >= 11 is 2.00. The molecule has 0 spiro atoms. The molecule has 1 aromatic carbocycles. The van der Waals surface area contributed by atoms with Crippen LogP contribution in [0.15, 0.2) is 30.3 Å². The molecule has 1 heterocycles. The predicted molar refractivity (Wildman–Crippen MR) is 135 cm³/mol. The molecule has 2 aromatic rings. The second-order valence-electron chi connectivity index (χ2n) is 10.2. The van der Waals surface area contributed by atoms with E-state index in [0.717, 1.165) is 23.7 Å². The average molecular weight is 423 g/mol. The number of rotatable bonds is 8. The fourth-order valence-corrected chi connectivity index (χ4v) is 7.02. The summed E-state index contributed by atoms with van der Waals surface area (Å²) < 4.78 is 1.49. The van der Waals surface area contributed by atoms with E-state index < -0.39 is 0 Å². The van der Waals surface area contributed by atoms with E-state index >= 15 is 0 Å². The first-order valence-electron chi connectivity index (χ1n) is 13.0. The molecule has 0 saturated heterocycles. The van der Waals surface area contributed by atoms with Crippen LogP contribution < -0.4 is 0 Å². The van der Waals surface area contributed by atoms with Crippen molar-refractivity contribution in [2.45, 2.75) is 103 Å². The van der Waals surface area contributed by atoms with Crippen LogP contribution in [0, 0.1) is 17.8 Å². The third-order valence-electron chi connectivity index (χ3n) is 7.97. The smallest absolute Gasteiger partial charge is 0.0351 e. The molecule has 0 atom stereocenters. The summed E-state index contributed by atoms with van der Waals surface area (Å²) in [6.07, 6.45) is 23.4. The van der Waals surface area contributed by atoms with Crippen molar-refractivity contribution in [2.24, 2.45) is 17.8 Å². The molecule has 2 aliphatic carbocycles. The van der Waals surface area contributed by atoms with Gasteiger partial charge in [-0.25, -0.2) is 0 Å². The zero-order chi connectivity index (χ0) is 20.8. The van der Waals surface area contributed by atoms with E-state index in [0.29, 0.717) is 0 Å². The Morgan fingerprint density at radius 3 is 2.30 bits per heavy atom. The maximum absolute atomic E-state index is 2.52. The van der Waals surface area contributed by atoms with Gasteiger partial charge in [-0.3, -0.25) is 0 Å². The molecule has 0 unspecified atom stereocenters. The van der Waals surface area contributed by atoms with Gasteiger partial charge in [-0.2, -0.15) is 0 Å². The molecule has 0 N–H and O–H groups in total. The monoisotopic (exact) mass is 422 g/mol. The Labute approximate surface area is 189 Å². The van der Waals surface area contributed by atoms with Gasteiger partial charge in [0.25, 0.3) is 0 Å². The average Bonchev–Trinajstić information content (AvgIpc) is 3.20. The number of hydrogen-bond donors (Lipinski definition) is 0. The molecule has 2 fully saturated rings. The highest BCUT2D eigenvalue weighted by atomic mass is 32.1. The van der Waals surface area contributed by atoms with Crippen molar-refractivity contribution >= 4 is 27.5 Å². The van der Waals surface area contributed by atoms with Gasteiger partial charge in [-0.1, -0.05) is 64.2 Å². The van der Waals surface area contributed by atoms with Crippen LogP contribution >= 0.6 is 11.3 Å². The van der Waals surface area contributed by atoms with Crippen LogP contribution in [0.2, 0.25) is 0 Å². The molecule has 2 saturated carbocycles. The Balaban J connectivity index is 1.34. The second-order valence-corrected chi connectivity index (χ2v) is 11.3. The minimum atomic E-state index is 0.798. The summed E-state index contributed by atoms with van der Waals surface area (Å²) in [6.45, 7) is 4.65. The van der Waals surface area contributed by atoms with Gasteiger partial charge in [0.05, 0.1) is 0 Å². The molecule has 0 radical (unpaired) electrons. The lowest BCUT2D eigenvalue weighted by Crippen LogP contribution is -2.13. The lowest BCUT2D eigenvalue weighted by molar-refractivity contribution is 0.295. The van der Waals surface area contributed by atoms with Crippen molar-refractivity contribution in [2.75, 3.05) is 0 Å². The van der Waals surface area contributed by atoms with Gasteiger partial charge in [-0.15, -0.1) is 11.3 Å². The van der Waals surface area contributed by atoms with Crippen LogP contribution in [0.3, 0.4) is 0 Å². The van der Waals surface area contributed by atoms with Crippen molar-refractivity contribution in [3.05, 3.63) is 40.8 Å². The Hall–Kier alpha value is -1.08. The number of benzene rings is 1. The van der Waals surface area contributed by atoms with Crippen LogP contribution in [-0.2, 0) is 0 Å². The predicted octanol–water partition coefficient (Wildman–Crippen LogP) is 9.98. The SMILES string of the molecule is CCCCC1CCC(c2ccc3cc(/C=C/C4CCC(CCC)CC4)sc3c2)CC1. The van der Waals surface area contributed by atoms with Crippen LogP contribution in [0.25, 0.3) is 16.2 Å². The summed E-state index contributed by atoms with van der Waals surface area (Å²) in [7, 11) is 0. The van der Waals surface area contributed by atoms with Crippen LogP contribution in [-0.4, -0.2) is 0 Å². The maximum atomic E-state index is 2.52. The molecule has 30 heavy (non-hydrogen) atoms. The van der Waals surface area contributed by atoms with Gasteiger partial charge >= 0.3 is 0 Å². The van der Waals surface area contributed by atoms with Gasteiger partial charge in [0.2, 0.25) is 0 Å². The van der Waals surface area contributed by atoms with E-state index in [4.69, 9.17) is 0 Å². The highest BCUT2D eigenvalue weighted by molar-refractivity contribution is 7.19. The molecule has 2 aliphatic rings. The van der Waals surface area contributed by atoms with Crippen LogP contribution in [0.4, 0.5) is 0 Å².